The van der Waals surface area contributed by atoms with Gasteiger partial charge in [-0.3, -0.25) is 4.79 Å². The number of halogens is 2. The van der Waals surface area contributed by atoms with Crippen LogP contribution in [0, 0.1) is 0 Å². The Balaban J connectivity index is 0.00000240. The van der Waals surface area contributed by atoms with Gasteiger partial charge < -0.3 is 20.7 Å². The minimum atomic E-state index is -0.666. The van der Waals surface area contributed by atoms with Gasteiger partial charge in [0.1, 0.15) is 0 Å². The molecule has 0 saturated heterocycles. The van der Waals surface area contributed by atoms with Crippen LogP contribution in [0.1, 0.15) is 29.2 Å². The zero-order valence-electron chi connectivity index (χ0n) is 17.3. The smallest absolute Gasteiger partial charge is 0.237 e. The first kappa shape index (κ1) is 26.7. The maximum Gasteiger partial charge on any atom is 0.237 e. The van der Waals surface area contributed by atoms with E-state index in [2.05, 4.69) is 22.4 Å². The zero-order valence-corrected chi connectivity index (χ0v) is 18.9. The van der Waals surface area contributed by atoms with Crippen molar-refractivity contribution in [2.24, 2.45) is 5.73 Å². The zero-order chi connectivity index (χ0) is 20.5. The molecule has 4 N–H and O–H groups in total. The summed E-state index contributed by atoms with van der Waals surface area (Å²) >= 11 is 0. The number of carbonyl (C=O) groups is 1. The maximum absolute atomic E-state index is 12.5. The fourth-order valence-corrected chi connectivity index (χ4v) is 3.33. The number of hydrogen-bond acceptors (Lipinski definition) is 4. The number of amides is 1. The van der Waals surface area contributed by atoms with Crippen LogP contribution in [0.15, 0.2) is 73.2 Å². The Morgan fingerprint density at radius 1 is 1.06 bits per heavy atom. The van der Waals surface area contributed by atoms with Gasteiger partial charge >= 0.3 is 0 Å². The number of carbonyl (C=O) groups excluding carboxylic acids is 1. The quantitative estimate of drug-likeness (QED) is 0.429. The van der Waals surface area contributed by atoms with Crippen LogP contribution in [0.25, 0.3) is 0 Å². The number of benzene rings is 2. The number of nitrogens with zero attached hydrogens (tertiary/aromatic N) is 2. The Bertz CT molecular complexity index is 891. The topological polar surface area (TPSA) is 93.2 Å². The highest BCUT2D eigenvalue weighted by molar-refractivity contribution is 5.85. The molecule has 0 spiro atoms. The SMILES string of the molecule is Cl.Cl.N[C@@H](Cc1cn(Cc2ccccc2)cn1)C(=O)NCC(CCO)c1ccccc1. The molecule has 2 aromatic carbocycles. The van der Waals surface area contributed by atoms with Gasteiger partial charge in [-0.25, -0.2) is 4.98 Å². The molecule has 1 unspecified atom stereocenters. The summed E-state index contributed by atoms with van der Waals surface area (Å²) in [6, 6.07) is 19.3. The van der Waals surface area contributed by atoms with E-state index in [1.165, 1.54) is 5.56 Å². The van der Waals surface area contributed by atoms with Gasteiger partial charge in [0.2, 0.25) is 5.91 Å². The molecular weight excluding hydrogens is 435 g/mol. The highest BCUT2D eigenvalue weighted by atomic mass is 35.5. The molecule has 3 rings (SSSR count). The second-order valence-corrected chi connectivity index (χ2v) is 7.20. The van der Waals surface area contributed by atoms with Crippen LogP contribution < -0.4 is 11.1 Å². The average molecular weight is 465 g/mol. The molecule has 1 amide bonds. The molecular formula is C23H30Cl2N4O2. The second-order valence-electron chi connectivity index (χ2n) is 7.20. The minimum absolute atomic E-state index is 0. The molecule has 0 aliphatic rings. The number of aromatic nitrogens is 2. The Morgan fingerprint density at radius 3 is 2.35 bits per heavy atom. The van der Waals surface area contributed by atoms with Crippen molar-refractivity contribution in [3.05, 3.63) is 90.0 Å². The van der Waals surface area contributed by atoms with Gasteiger partial charge in [-0.1, -0.05) is 60.7 Å². The molecule has 0 aliphatic heterocycles. The van der Waals surface area contributed by atoms with E-state index in [4.69, 9.17) is 5.73 Å². The lowest BCUT2D eigenvalue weighted by molar-refractivity contribution is -0.122. The van der Waals surface area contributed by atoms with Crippen molar-refractivity contribution in [1.82, 2.24) is 14.9 Å². The second kappa shape index (κ2) is 13.8. The van der Waals surface area contributed by atoms with Crippen LogP contribution in [0.2, 0.25) is 0 Å². The van der Waals surface area contributed by atoms with Crippen LogP contribution in [0.3, 0.4) is 0 Å². The van der Waals surface area contributed by atoms with E-state index in [9.17, 15) is 9.90 Å². The van der Waals surface area contributed by atoms with E-state index in [1.54, 1.807) is 6.33 Å². The molecule has 2 atom stereocenters. The summed E-state index contributed by atoms with van der Waals surface area (Å²) in [6.45, 7) is 1.25. The van der Waals surface area contributed by atoms with E-state index in [0.29, 0.717) is 19.4 Å². The summed E-state index contributed by atoms with van der Waals surface area (Å²) in [6.07, 6.45) is 4.66. The summed E-state index contributed by atoms with van der Waals surface area (Å²) < 4.78 is 1.99. The lowest BCUT2D eigenvalue weighted by Gasteiger charge is -2.18. The van der Waals surface area contributed by atoms with E-state index in [-0.39, 0.29) is 43.2 Å². The molecule has 3 aromatic rings. The van der Waals surface area contributed by atoms with E-state index >= 15 is 0 Å². The minimum Gasteiger partial charge on any atom is -0.396 e. The van der Waals surface area contributed by atoms with E-state index in [0.717, 1.165) is 17.8 Å². The molecule has 0 aliphatic carbocycles. The van der Waals surface area contributed by atoms with Gasteiger partial charge in [0.25, 0.3) is 0 Å². The van der Waals surface area contributed by atoms with Gasteiger partial charge in [-0.15, -0.1) is 24.8 Å². The Morgan fingerprint density at radius 2 is 1.71 bits per heavy atom. The predicted molar refractivity (Wildman–Crippen MR) is 128 cm³/mol. The fraction of sp³-hybridized carbons (Fsp3) is 0.304. The largest absolute Gasteiger partial charge is 0.396 e. The highest BCUT2D eigenvalue weighted by Gasteiger charge is 2.18. The van der Waals surface area contributed by atoms with E-state index < -0.39 is 6.04 Å². The van der Waals surface area contributed by atoms with Crippen molar-refractivity contribution < 1.29 is 9.90 Å². The standard InChI is InChI=1S/C23H28N4O2.2ClH/c24-22(13-21-16-27(17-26-21)15-18-7-3-1-4-8-18)23(29)25-14-20(11-12-28)19-9-5-2-6-10-19;;/h1-10,16-17,20,22,28H,11-15,24H2,(H,25,29);2*1H/t20?,22-;;/m0../s1. The number of hydrogen-bond donors (Lipinski definition) is 3. The normalized spacial score (nSPS) is 12.2. The lowest BCUT2D eigenvalue weighted by Crippen LogP contribution is -2.43. The van der Waals surface area contributed by atoms with Gasteiger partial charge in [-0.2, -0.15) is 0 Å². The van der Waals surface area contributed by atoms with Crippen LogP contribution >= 0.6 is 24.8 Å². The molecule has 0 fully saturated rings. The number of imidazole rings is 1. The Kier molecular flexibility index (Phi) is 11.9. The third-order valence-corrected chi connectivity index (χ3v) is 4.93. The van der Waals surface area contributed by atoms with Crippen molar-refractivity contribution in [2.45, 2.75) is 31.3 Å². The summed E-state index contributed by atoms with van der Waals surface area (Å²) in [4.78, 5) is 16.8. The molecule has 8 heteroatoms. The Labute approximate surface area is 195 Å². The van der Waals surface area contributed by atoms with Crippen molar-refractivity contribution in [2.75, 3.05) is 13.2 Å². The average Bonchev–Trinajstić information content (AvgIpc) is 3.18. The predicted octanol–water partition coefficient (Wildman–Crippen LogP) is 2.93. The van der Waals surface area contributed by atoms with Crippen molar-refractivity contribution in [1.29, 1.82) is 0 Å². The molecule has 1 heterocycles. The van der Waals surface area contributed by atoms with Gasteiger partial charge in [-0.05, 0) is 17.5 Å². The number of aliphatic hydroxyl groups excluding tert-OH is 1. The van der Waals surface area contributed by atoms with Crippen molar-refractivity contribution >= 4 is 30.7 Å². The van der Waals surface area contributed by atoms with Crippen LogP contribution in [-0.4, -0.2) is 39.8 Å². The van der Waals surface area contributed by atoms with E-state index in [1.807, 2.05) is 59.3 Å². The molecule has 0 bridgehead atoms. The van der Waals surface area contributed by atoms with Crippen molar-refractivity contribution in [3.8, 4) is 0 Å². The molecule has 168 valence electrons. The molecule has 31 heavy (non-hydrogen) atoms. The molecule has 1 aromatic heterocycles. The fourth-order valence-electron chi connectivity index (χ4n) is 3.33. The first-order valence-electron chi connectivity index (χ1n) is 9.89. The Hall–Kier alpha value is -2.38. The molecule has 0 saturated carbocycles. The third kappa shape index (κ3) is 8.34. The number of nitrogens with two attached hydrogens (primary N) is 1. The van der Waals surface area contributed by atoms with Gasteiger partial charge in [0.15, 0.2) is 0 Å². The summed E-state index contributed by atoms with van der Waals surface area (Å²) in [7, 11) is 0. The summed E-state index contributed by atoms with van der Waals surface area (Å²) in [5.74, 6) is -0.149. The monoisotopic (exact) mass is 464 g/mol. The maximum atomic E-state index is 12.5. The van der Waals surface area contributed by atoms with Gasteiger partial charge in [0.05, 0.1) is 18.1 Å². The van der Waals surface area contributed by atoms with Crippen LogP contribution in [0.4, 0.5) is 0 Å². The summed E-state index contributed by atoms with van der Waals surface area (Å²) in [5, 5.41) is 12.3. The number of nitrogens with one attached hydrogen (secondary N) is 1. The number of rotatable bonds is 10. The third-order valence-electron chi connectivity index (χ3n) is 4.93. The first-order chi connectivity index (χ1) is 14.2. The van der Waals surface area contributed by atoms with Gasteiger partial charge in [0, 0.05) is 38.2 Å². The van der Waals surface area contributed by atoms with Crippen LogP contribution in [0.5, 0.6) is 0 Å². The number of aliphatic hydroxyl groups is 1. The molecule has 0 radical (unpaired) electrons. The first-order valence-corrected chi connectivity index (χ1v) is 9.89. The summed E-state index contributed by atoms with van der Waals surface area (Å²) in [5.41, 5.74) is 9.17. The van der Waals surface area contributed by atoms with Crippen LogP contribution in [-0.2, 0) is 17.8 Å². The highest BCUT2D eigenvalue weighted by Crippen LogP contribution is 2.18. The molecule has 6 nitrogen and oxygen atoms in total. The van der Waals surface area contributed by atoms with Crippen molar-refractivity contribution in [3.63, 3.8) is 0 Å². The lowest BCUT2D eigenvalue weighted by atomic mass is 9.96.